The van der Waals surface area contributed by atoms with Gasteiger partial charge < -0.3 is 25.8 Å². The fourth-order valence-electron chi connectivity index (χ4n) is 2.98. The van der Waals surface area contributed by atoms with Gasteiger partial charge in [-0.3, -0.25) is 4.79 Å². The molecule has 1 aliphatic heterocycles. The number of aromatic hydroxyl groups is 1. The molecule has 0 bridgehead atoms. The first-order chi connectivity index (χ1) is 13.4. The van der Waals surface area contributed by atoms with Gasteiger partial charge in [0, 0.05) is 5.70 Å². The van der Waals surface area contributed by atoms with E-state index >= 15 is 0 Å². The van der Waals surface area contributed by atoms with Crippen molar-refractivity contribution in [1.29, 1.82) is 0 Å². The van der Waals surface area contributed by atoms with Crippen LogP contribution in [0.4, 0.5) is 10.1 Å². The molecule has 3 rings (SSSR count). The Morgan fingerprint density at radius 2 is 2.07 bits per heavy atom. The lowest BCUT2D eigenvalue weighted by Gasteiger charge is -2.30. The van der Waals surface area contributed by atoms with Crippen LogP contribution in [0.25, 0.3) is 0 Å². The molecule has 0 saturated carbocycles. The van der Waals surface area contributed by atoms with Gasteiger partial charge in [-0.15, -0.1) is 0 Å². The third kappa shape index (κ3) is 4.07. The van der Waals surface area contributed by atoms with Crippen LogP contribution in [0.1, 0.15) is 25.5 Å². The largest absolute Gasteiger partial charge is 0.504 e. The molecule has 2 aromatic rings. The number of carbonyl (C=O) groups is 1. The van der Waals surface area contributed by atoms with Crippen molar-refractivity contribution in [2.24, 2.45) is 0 Å². The number of nitrogens with one attached hydrogen (secondary N) is 3. The van der Waals surface area contributed by atoms with E-state index in [4.69, 9.17) is 17.0 Å². The number of amides is 1. The van der Waals surface area contributed by atoms with Gasteiger partial charge in [0.05, 0.1) is 23.9 Å². The third-order valence-corrected chi connectivity index (χ3v) is 4.47. The van der Waals surface area contributed by atoms with Crippen molar-refractivity contribution in [3.05, 3.63) is 65.1 Å². The molecule has 6 nitrogen and oxygen atoms in total. The molecule has 0 fully saturated rings. The van der Waals surface area contributed by atoms with Gasteiger partial charge in [0.15, 0.2) is 16.6 Å². The number of carbonyl (C=O) groups excluding carboxylic acids is 1. The normalized spacial score (nSPS) is 16.2. The first-order valence-electron chi connectivity index (χ1n) is 8.70. The number of benzene rings is 2. The average Bonchev–Trinajstić information content (AvgIpc) is 2.65. The topological polar surface area (TPSA) is 82.6 Å². The van der Waals surface area contributed by atoms with Crippen molar-refractivity contribution in [2.75, 3.05) is 11.9 Å². The summed E-state index contributed by atoms with van der Waals surface area (Å²) in [7, 11) is 0. The van der Waals surface area contributed by atoms with Crippen molar-refractivity contribution < 1.29 is 19.0 Å². The molecule has 2 aromatic carbocycles. The molecule has 0 unspecified atom stereocenters. The zero-order chi connectivity index (χ0) is 20.3. The highest BCUT2D eigenvalue weighted by Crippen LogP contribution is 2.34. The van der Waals surface area contributed by atoms with E-state index in [9.17, 15) is 14.3 Å². The molecule has 1 heterocycles. The highest BCUT2D eigenvalue weighted by atomic mass is 32.1. The number of hydrogen-bond acceptors (Lipinski definition) is 4. The minimum absolute atomic E-state index is 0.000158. The van der Waals surface area contributed by atoms with E-state index in [-0.39, 0.29) is 11.4 Å². The first-order valence-corrected chi connectivity index (χ1v) is 9.11. The highest BCUT2D eigenvalue weighted by molar-refractivity contribution is 7.80. The van der Waals surface area contributed by atoms with Gasteiger partial charge in [-0.2, -0.15) is 0 Å². The zero-order valence-electron chi connectivity index (χ0n) is 15.4. The second-order valence-corrected chi connectivity index (χ2v) is 6.57. The van der Waals surface area contributed by atoms with E-state index in [0.29, 0.717) is 34.3 Å². The molecule has 1 atom stereocenters. The van der Waals surface area contributed by atoms with Gasteiger partial charge >= 0.3 is 0 Å². The summed E-state index contributed by atoms with van der Waals surface area (Å²) in [6.07, 6.45) is 0. The van der Waals surface area contributed by atoms with Crippen LogP contribution in [0.3, 0.4) is 0 Å². The predicted molar refractivity (Wildman–Crippen MR) is 109 cm³/mol. The quantitative estimate of drug-likeness (QED) is 0.575. The summed E-state index contributed by atoms with van der Waals surface area (Å²) >= 11 is 5.23. The Balaban J connectivity index is 1.98. The number of halogens is 1. The molecule has 4 N–H and O–H groups in total. The van der Waals surface area contributed by atoms with Crippen molar-refractivity contribution >= 4 is 28.9 Å². The number of phenolic OH excluding ortho intramolecular Hbond substituents is 1. The predicted octanol–water partition coefficient (Wildman–Crippen LogP) is 3.36. The summed E-state index contributed by atoms with van der Waals surface area (Å²) in [4.78, 5) is 13.0. The molecule has 0 aromatic heterocycles. The lowest BCUT2D eigenvalue weighted by Crippen LogP contribution is -2.45. The summed E-state index contributed by atoms with van der Waals surface area (Å²) in [5, 5.41) is 18.9. The summed E-state index contributed by atoms with van der Waals surface area (Å²) < 4.78 is 19.4. The van der Waals surface area contributed by atoms with Crippen molar-refractivity contribution in [2.45, 2.75) is 19.9 Å². The fourth-order valence-corrected chi connectivity index (χ4v) is 3.25. The average molecular weight is 401 g/mol. The minimum atomic E-state index is -0.597. The molecular weight excluding hydrogens is 381 g/mol. The second-order valence-electron chi connectivity index (χ2n) is 6.16. The minimum Gasteiger partial charge on any atom is -0.504 e. The van der Waals surface area contributed by atoms with Gasteiger partial charge in [0.25, 0.3) is 5.91 Å². The number of allylic oxidation sites excluding steroid dienone is 1. The standard InChI is InChI=1S/C20H20FN3O3S/c1-3-27-16-10-12(8-9-15(16)25)18-17(11(2)22-20(28)24-18)19(26)23-14-7-5-4-6-13(14)21/h4-10,18,25H,3H2,1-2H3,(H,23,26)(H2,22,24,28)/t18-/m0/s1. The molecule has 8 heteroatoms. The SMILES string of the molecule is CCOc1cc([C@@H]2NC(=S)NC(C)=C2C(=O)Nc2ccccc2F)ccc1O. The molecule has 28 heavy (non-hydrogen) atoms. The maximum absolute atomic E-state index is 14.0. The number of anilines is 1. The Bertz CT molecular complexity index is 961. The lowest BCUT2D eigenvalue weighted by molar-refractivity contribution is -0.113. The summed E-state index contributed by atoms with van der Waals surface area (Å²) in [5.41, 5.74) is 1.65. The molecule has 1 aliphatic rings. The Morgan fingerprint density at radius 1 is 1.32 bits per heavy atom. The van der Waals surface area contributed by atoms with E-state index in [1.807, 2.05) is 0 Å². The number of hydrogen-bond donors (Lipinski definition) is 4. The van der Waals surface area contributed by atoms with Gasteiger partial charge in [0.1, 0.15) is 5.82 Å². The number of ether oxygens (including phenoxy) is 1. The van der Waals surface area contributed by atoms with Crippen LogP contribution >= 0.6 is 12.2 Å². The van der Waals surface area contributed by atoms with Crippen LogP contribution < -0.4 is 20.7 Å². The third-order valence-electron chi connectivity index (χ3n) is 4.25. The lowest BCUT2D eigenvalue weighted by atomic mass is 9.94. The van der Waals surface area contributed by atoms with E-state index in [1.54, 1.807) is 38.1 Å². The van der Waals surface area contributed by atoms with Crippen LogP contribution in [-0.2, 0) is 4.79 Å². The number of para-hydroxylation sites is 1. The monoisotopic (exact) mass is 401 g/mol. The van der Waals surface area contributed by atoms with Crippen LogP contribution in [0.5, 0.6) is 11.5 Å². The van der Waals surface area contributed by atoms with Crippen LogP contribution in [0, 0.1) is 5.82 Å². The van der Waals surface area contributed by atoms with Crippen molar-refractivity contribution in [1.82, 2.24) is 10.6 Å². The van der Waals surface area contributed by atoms with Gasteiger partial charge in [-0.1, -0.05) is 18.2 Å². The van der Waals surface area contributed by atoms with E-state index in [0.717, 1.165) is 0 Å². The molecule has 0 spiro atoms. The van der Waals surface area contributed by atoms with Crippen LogP contribution in [-0.4, -0.2) is 22.7 Å². The maximum Gasteiger partial charge on any atom is 0.255 e. The Hall–Kier alpha value is -3.13. The Morgan fingerprint density at radius 3 is 2.79 bits per heavy atom. The fraction of sp³-hybridized carbons (Fsp3) is 0.200. The van der Waals surface area contributed by atoms with Crippen LogP contribution in [0.2, 0.25) is 0 Å². The number of phenols is 1. The summed E-state index contributed by atoms with van der Waals surface area (Å²) in [6, 6.07) is 10.2. The molecule has 0 saturated heterocycles. The smallest absolute Gasteiger partial charge is 0.255 e. The number of rotatable bonds is 5. The van der Waals surface area contributed by atoms with E-state index in [1.165, 1.54) is 18.2 Å². The summed E-state index contributed by atoms with van der Waals surface area (Å²) in [5.74, 6) is -0.694. The van der Waals surface area contributed by atoms with Gasteiger partial charge in [0.2, 0.25) is 0 Å². The molecular formula is C20H20FN3O3S. The highest BCUT2D eigenvalue weighted by Gasteiger charge is 2.30. The molecule has 146 valence electrons. The van der Waals surface area contributed by atoms with Gasteiger partial charge in [-0.05, 0) is 55.9 Å². The van der Waals surface area contributed by atoms with Gasteiger partial charge in [-0.25, -0.2) is 4.39 Å². The van der Waals surface area contributed by atoms with Crippen molar-refractivity contribution in [3.63, 3.8) is 0 Å². The zero-order valence-corrected chi connectivity index (χ0v) is 16.2. The first kappa shape index (κ1) is 19.6. The molecule has 1 amide bonds. The van der Waals surface area contributed by atoms with E-state index < -0.39 is 17.8 Å². The summed E-state index contributed by atoms with van der Waals surface area (Å²) in [6.45, 7) is 3.91. The molecule has 0 aliphatic carbocycles. The Labute approximate surface area is 167 Å². The molecule has 0 radical (unpaired) electrons. The maximum atomic E-state index is 14.0. The Kier molecular flexibility index (Phi) is 5.79. The number of thiocarbonyl (C=S) groups is 1. The van der Waals surface area contributed by atoms with Crippen LogP contribution in [0.15, 0.2) is 53.7 Å². The second kappa shape index (κ2) is 8.26. The van der Waals surface area contributed by atoms with E-state index in [2.05, 4.69) is 16.0 Å². The van der Waals surface area contributed by atoms with Crippen molar-refractivity contribution in [3.8, 4) is 11.5 Å².